The van der Waals surface area contributed by atoms with E-state index in [9.17, 15) is 19.3 Å². The molecule has 2 aromatic rings. The molecule has 2 aromatic carbocycles. The Kier molecular flexibility index (Phi) is 4.54. The van der Waals surface area contributed by atoms with Gasteiger partial charge in [0.15, 0.2) is 0 Å². The minimum atomic E-state index is -0.811. The number of halogens is 3. The number of nitro benzene ring substituents is 1. The first-order valence-corrected chi connectivity index (χ1v) is 6.76. The van der Waals surface area contributed by atoms with Gasteiger partial charge in [0.05, 0.1) is 16.7 Å². The second kappa shape index (κ2) is 6.19. The van der Waals surface area contributed by atoms with Crippen LogP contribution >= 0.6 is 27.5 Å². The molecule has 0 spiro atoms. The lowest BCUT2D eigenvalue weighted by Gasteiger charge is -2.08. The Morgan fingerprint density at radius 3 is 2.62 bits per heavy atom. The van der Waals surface area contributed by atoms with E-state index in [4.69, 9.17) is 11.6 Å². The molecule has 5 nitrogen and oxygen atoms in total. The van der Waals surface area contributed by atoms with E-state index in [0.29, 0.717) is 21.2 Å². The Morgan fingerprint density at radius 2 is 2.00 bits per heavy atom. The van der Waals surface area contributed by atoms with Gasteiger partial charge < -0.3 is 5.32 Å². The van der Waals surface area contributed by atoms with Gasteiger partial charge in [0.25, 0.3) is 11.6 Å². The molecule has 1 amide bonds. The maximum atomic E-state index is 13.0. The molecule has 0 bridgehead atoms. The van der Waals surface area contributed by atoms with E-state index < -0.39 is 22.3 Å². The van der Waals surface area contributed by atoms with Crippen molar-refractivity contribution in [1.82, 2.24) is 0 Å². The fourth-order valence-corrected chi connectivity index (χ4v) is 2.41. The first-order valence-electron chi connectivity index (χ1n) is 5.59. The van der Waals surface area contributed by atoms with Crippen LogP contribution in [0, 0.1) is 15.9 Å². The van der Waals surface area contributed by atoms with Crippen LogP contribution in [0.4, 0.5) is 15.8 Å². The molecule has 0 aromatic heterocycles. The lowest BCUT2D eigenvalue weighted by Crippen LogP contribution is -2.14. The molecular weight excluding hydrogens is 367 g/mol. The summed E-state index contributed by atoms with van der Waals surface area (Å²) in [4.78, 5) is 22.2. The number of nitrogens with one attached hydrogen (secondary N) is 1. The van der Waals surface area contributed by atoms with Gasteiger partial charge in [-0.05, 0) is 46.3 Å². The number of hydrogen-bond donors (Lipinski definition) is 1. The molecule has 0 aliphatic carbocycles. The van der Waals surface area contributed by atoms with Crippen LogP contribution in [0.3, 0.4) is 0 Å². The molecule has 2 rings (SSSR count). The smallest absolute Gasteiger partial charge is 0.285 e. The van der Waals surface area contributed by atoms with Crippen LogP contribution in [0.25, 0.3) is 0 Å². The number of amides is 1. The summed E-state index contributed by atoms with van der Waals surface area (Å²) >= 11 is 9.00. The second-order valence-electron chi connectivity index (χ2n) is 4.00. The summed E-state index contributed by atoms with van der Waals surface area (Å²) in [7, 11) is 0. The van der Waals surface area contributed by atoms with Gasteiger partial charge in [-0.1, -0.05) is 11.6 Å². The molecule has 0 saturated heterocycles. The number of nitrogens with zero attached hydrogens (tertiary/aromatic N) is 1. The minimum Gasteiger partial charge on any atom is -0.321 e. The first kappa shape index (κ1) is 15.4. The number of anilines is 1. The molecule has 21 heavy (non-hydrogen) atoms. The van der Waals surface area contributed by atoms with E-state index in [1.54, 1.807) is 18.2 Å². The SMILES string of the molecule is O=C(Nc1ccc(Cl)cc1Br)c1ccc(F)cc1[N+](=O)[O-]. The van der Waals surface area contributed by atoms with Crippen molar-refractivity contribution in [2.75, 3.05) is 5.32 Å². The average Bonchev–Trinajstić information content (AvgIpc) is 2.41. The zero-order valence-electron chi connectivity index (χ0n) is 10.3. The van der Waals surface area contributed by atoms with Crippen molar-refractivity contribution in [1.29, 1.82) is 0 Å². The predicted octanol–water partition coefficient (Wildman–Crippen LogP) is 4.40. The van der Waals surface area contributed by atoms with Crippen LogP contribution in [0.2, 0.25) is 5.02 Å². The summed E-state index contributed by atoms with van der Waals surface area (Å²) in [5, 5.41) is 13.8. The van der Waals surface area contributed by atoms with E-state index in [0.717, 1.165) is 12.1 Å². The van der Waals surface area contributed by atoms with Gasteiger partial charge in [-0.2, -0.15) is 0 Å². The predicted molar refractivity (Wildman–Crippen MR) is 80.2 cm³/mol. The van der Waals surface area contributed by atoms with Crippen molar-refractivity contribution in [2.45, 2.75) is 0 Å². The number of carbonyl (C=O) groups excluding carboxylic acids is 1. The summed E-state index contributed by atoms with van der Waals surface area (Å²) in [6.07, 6.45) is 0. The van der Waals surface area contributed by atoms with E-state index in [1.165, 1.54) is 0 Å². The quantitative estimate of drug-likeness (QED) is 0.640. The van der Waals surface area contributed by atoms with Crippen LogP contribution < -0.4 is 5.32 Å². The Bertz CT molecular complexity index is 739. The van der Waals surface area contributed by atoms with E-state index in [2.05, 4.69) is 21.2 Å². The Balaban J connectivity index is 2.34. The molecule has 8 heteroatoms. The maximum absolute atomic E-state index is 13.0. The summed E-state index contributed by atoms with van der Waals surface area (Å²) in [6.45, 7) is 0. The van der Waals surface area contributed by atoms with Crippen molar-refractivity contribution in [3.8, 4) is 0 Å². The number of carbonyl (C=O) groups is 1. The van der Waals surface area contributed by atoms with Crippen LogP contribution in [0.1, 0.15) is 10.4 Å². The molecule has 0 radical (unpaired) electrons. The molecule has 108 valence electrons. The largest absolute Gasteiger partial charge is 0.321 e. The zero-order valence-corrected chi connectivity index (χ0v) is 12.6. The van der Waals surface area contributed by atoms with Crippen molar-refractivity contribution < 1.29 is 14.1 Å². The van der Waals surface area contributed by atoms with Crippen molar-refractivity contribution >= 4 is 44.8 Å². The first-order chi connectivity index (χ1) is 9.88. The van der Waals surface area contributed by atoms with Gasteiger partial charge in [0.1, 0.15) is 11.4 Å². The zero-order chi connectivity index (χ0) is 15.6. The third-order valence-electron chi connectivity index (χ3n) is 2.58. The average molecular weight is 374 g/mol. The molecule has 0 unspecified atom stereocenters. The Hall–Kier alpha value is -1.99. The van der Waals surface area contributed by atoms with E-state index in [-0.39, 0.29) is 5.56 Å². The van der Waals surface area contributed by atoms with Crippen molar-refractivity contribution in [3.05, 3.63) is 67.4 Å². The van der Waals surface area contributed by atoms with Crippen LogP contribution in [0.15, 0.2) is 40.9 Å². The lowest BCUT2D eigenvalue weighted by molar-refractivity contribution is -0.385. The molecule has 0 heterocycles. The van der Waals surface area contributed by atoms with E-state index in [1.807, 2.05) is 0 Å². The number of rotatable bonds is 3. The van der Waals surface area contributed by atoms with Gasteiger partial charge in [-0.25, -0.2) is 4.39 Å². The summed E-state index contributed by atoms with van der Waals surface area (Å²) in [5.74, 6) is -1.50. The highest BCUT2D eigenvalue weighted by Gasteiger charge is 2.21. The number of nitro groups is 1. The highest BCUT2D eigenvalue weighted by Crippen LogP contribution is 2.27. The van der Waals surface area contributed by atoms with Crippen LogP contribution in [-0.2, 0) is 0 Å². The van der Waals surface area contributed by atoms with Crippen molar-refractivity contribution in [3.63, 3.8) is 0 Å². The van der Waals surface area contributed by atoms with Crippen LogP contribution in [0.5, 0.6) is 0 Å². The molecule has 0 aliphatic rings. The summed E-state index contributed by atoms with van der Waals surface area (Å²) < 4.78 is 13.6. The highest BCUT2D eigenvalue weighted by atomic mass is 79.9. The summed E-state index contributed by atoms with van der Waals surface area (Å²) in [6, 6.07) is 7.41. The van der Waals surface area contributed by atoms with Crippen LogP contribution in [-0.4, -0.2) is 10.8 Å². The maximum Gasteiger partial charge on any atom is 0.285 e. The standard InChI is InChI=1S/C13H7BrClFN2O3/c14-10-5-7(15)1-4-11(10)17-13(19)9-3-2-8(16)6-12(9)18(20)21/h1-6H,(H,17,19). The third kappa shape index (κ3) is 3.56. The molecular formula is C13H7BrClFN2O3. The lowest BCUT2D eigenvalue weighted by atomic mass is 10.1. The van der Waals surface area contributed by atoms with Gasteiger partial charge >= 0.3 is 0 Å². The number of hydrogen-bond acceptors (Lipinski definition) is 3. The van der Waals surface area contributed by atoms with Crippen molar-refractivity contribution in [2.24, 2.45) is 0 Å². The molecule has 0 aliphatic heterocycles. The number of benzene rings is 2. The topological polar surface area (TPSA) is 72.2 Å². The molecule has 0 atom stereocenters. The van der Waals surface area contributed by atoms with E-state index >= 15 is 0 Å². The second-order valence-corrected chi connectivity index (χ2v) is 5.29. The molecule has 1 N–H and O–H groups in total. The third-order valence-corrected chi connectivity index (χ3v) is 3.47. The monoisotopic (exact) mass is 372 g/mol. The van der Waals surface area contributed by atoms with Gasteiger partial charge in [-0.3, -0.25) is 14.9 Å². The molecule has 0 fully saturated rings. The van der Waals surface area contributed by atoms with Gasteiger partial charge in [-0.15, -0.1) is 0 Å². The Morgan fingerprint density at radius 1 is 1.29 bits per heavy atom. The normalized spacial score (nSPS) is 10.2. The van der Waals surface area contributed by atoms with Gasteiger partial charge in [0.2, 0.25) is 0 Å². The summed E-state index contributed by atoms with van der Waals surface area (Å²) in [5.41, 5.74) is -0.441. The van der Waals surface area contributed by atoms with Gasteiger partial charge in [0, 0.05) is 9.50 Å². The molecule has 0 saturated carbocycles. The highest BCUT2D eigenvalue weighted by molar-refractivity contribution is 9.10. The fraction of sp³-hybridized carbons (Fsp3) is 0. The Labute approximate surface area is 132 Å². The minimum absolute atomic E-state index is 0.233. The fourth-order valence-electron chi connectivity index (χ4n) is 1.63.